The van der Waals surface area contributed by atoms with Gasteiger partial charge in [0, 0.05) is 30.4 Å². The number of anilines is 1. The maximum absolute atomic E-state index is 3.65. The van der Waals surface area contributed by atoms with Gasteiger partial charge in [-0.15, -0.1) is 0 Å². The van der Waals surface area contributed by atoms with Gasteiger partial charge in [0.1, 0.15) is 0 Å². The van der Waals surface area contributed by atoms with Crippen LogP contribution in [0.1, 0.15) is 58.4 Å². The number of fused-ring (bicyclic) bond motifs is 1. The molecule has 1 aromatic rings. The van der Waals surface area contributed by atoms with Crippen LogP contribution in [0.4, 0.5) is 5.69 Å². The van der Waals surface area contributed by atoms with E-state index in [9.17, 15) is 0 Å². The van der Waals surface area contributed by atoms with Gasteiger partial charge in [0.15, 0.2) is 0 Å². The first-order valence-electron chi connectivity index (χ1n) is 8.64. The van der Waals surface area contributed by atoms with Gasteiger partial charge >= 0.3 is 0 Å². The zero-order valence-electron chi connectivity index (χ0n) is 13.9. The first-order valence-corrected chi connectivity index (χ1v) is 8.64. The van der Waals surface area contributed by atoms with E-state index in [-0.39, 0.29) is 5.54 Å². The molecule has 0 aromatic heterocycles. The van der Waals surface area contributed by atoms with E-state index in [1.807, 2.05) is 0 Å². The first-order chi connectivity index (χ1) is 10.0. The highest BCUT2D eigenvalue weighted by molar-refractivity contribution is 5.55. The molecule has 1 heterocycles. The Morgan fingerprint density at radius 2 is 1.86 bits per heavy atom. The third-order valence-corrected chi connectivity index (χ3v) is 5.12. The highest BCUT2D eigenvalue weighted by Gasteiger charge is 2.36. The molecular formula is C19H30N2. The van der Waals surface area contributed by atoms with Gasteiger partial charge in [-0.05, 0) is 57.6 Å². The average molecular weight is 286 g/mol. The SMILES string of the molecule is CC(C)(C)NCc1ccccc1N1CCC2CCCCC21. The normalized spacial score (nSPS) is 26.0. The lowest BCUT2D eigenvalue weighted by Gasteiger charge is -2.34. The molecule has 2 heteroatoms. The summed E-state index contributed by atoms with van der Waals surface area (Å²) in [5.74, 6) is 0.947. The first kappa shape index (κ1) is 14.9. The molecule has 0 radical (unpaired) electrons. The topological polar surface area (TPSA) is 15.3 Å². The van der Waals surface area contributed by atoms with Gasteiger partial charge in [0.2, 0.25) is 0 Å². The predicted molar refractivity (Wildman–Crippen MR) is 90.7 cm³/mol. The van der Waals surface area contributed by atoms with Crippen LogP contribution in [-0.2, 0) is 6.54 Å². The van der Waals surface area contributed by atoms with Crippen molar-refractivity contribution >= 4 is 5.69 Å². The second-order valence-electron chi connectivity index (χ2n) is 7.83. The van der Waals surface area contributed by atoms with Crippen molar-refractivity contribution in [1.29, 1.82) is 0 Å². The number of rotatable bonds is 3. The molecule has 2 atom stereocenters. The molecule has 2 unspecified atom stereocenters. The summed E-state index contributed by atoms with van der Waals surface area (Å²) in [6, 6.07) is 9.81. The average Bonchev–Trinajstić information content (AvgIpc) is 2.88. The van der Waals surface area contributed by atoms with Crippen LogP contribution in [0.5, 0.6) is 0 Å². The van der Waals surface area contributed by atoms with E-state index in [1.165, 1.54) is 49.9 Å². The molecule has 1 aliphatic heterocycles. The minimum atomic E-state index is 0.172. The molecule has 3 rings (SSSR count). The van der Waals surface area contributed by atoms with Crippen LogP contribution >= 0.6 is 0 Å². The molecule has 1 aromatic carbocycles. The lowest BCUT2D eigenvalue weighted by Crippen LogP contribution is -2.37. The van der Waals surface area contributed by atoms with E-state index >= 15 is 0 Å². The summed E-state index contributed by atoms with van der Waals surface area (Å²) in [6.45, 7) is 8.93. The third-order valence-electron chi connectivity index (χ3n) is 5.12. The summed E-state index contributed by atoms with van der Waals surface area (Å²) < 4.78 is 0. The minimum absolute atomic E-state index is 0.172. The Labute approximate surface area is 129 Å². The summed E-state index contributed by atoms with van der Waals surface area (Å²) in [5.41, 5.74) is 3.10. The van der Waals surface area contributed by atoms with Gasteiger partial charge in [-0.2, -0.15) is 0 Å². The van der Waals surface area contributed by atoms with Crippen LogP contribution in [0.2, 0.25) is 0 Å². The summed E-state index contributed by atoms with van der Waals surface area (Å²) in [6.07, 6.45) is 7.10. The molecule has 0 spiro atoms. The van der Waals surface area contributed by atoms with E-state index in [0.29, 0.717) is 0 Å². The van der Waals surface area contributed by atoms with Crippen molar-refractivity contribution in [3.8, 4) is 0 Å². The molecule has 0 amide bonds. The number of hydrogen-bond donors (Lipinski definition) is 1. The molecule has 2 fully saturated rings. The molecule has 1 saturated carbocycles. The zero-order chi connectivity index (χ0) is 14.9. The monoisotopic (exact) mass is 286 g/mol. The van der Waals surface area contributed by atoms with Gasteiger partial charge in [-0.1, -0.05) is 31.0 Å². The Bertz CT molecular complexity index is 475. The molecule has 2 aliphatic rings. The molecular weight excluding hydrogens is 256 g/mol. The summed E-state index contributed by atoms with van der Waals surface area (Å²) in [7, 11) is 0. The molecule has 21 heavy (non-hydrogen) atoms. The lowest BCUT2D eigenvalue weighted by atomic mass is 9.85. The van der Waals surface area contributed by atoms with Gasteiger partial charge in [0.25, 0.3) is 0 Å². The minimum Gasteiger partial charge on any atom is -0.368 e. The standard InChI is InChI=1S/C19H30N2/c1-19(2,3)20-14-16-9-5-7-11-18(16)21-13-12-15-8-4-6-10-17(15)21/h5,7,9,11,15,17,20H,4,6,8,10,12-14H2,1-3H3. The zero-order valence-corrected chi connectivity index (χ0v) is 13.9. The second-order valence-corrected chi connectivity index (χ2v) is 7.83. The molecule has 1 aliphatic carbocycles. The second kappa shape index (κ2) is 6.00. The quantitative estimate of drug-likeness (QED) is 0.889. The maximum Gasteiger partial charge on any atom is 0.0414 e. The van der Waals surface area contributed by atoms with E-state index < -0.39 is 0 Å². The summed E-state index contributed by atoms with van der Waals surface area (Å²) in [4.78, 5) is 2.71. The Kier molecular flexibility index (Phi) is 4.26. The smallest absolute Gasteiger partial charge is 0.0414 e. The van der Waals surface area contributed by atoms with E-state index in [4.69, 9.17) is 0 Å². The van der Waals surface area contributed by atoms with Gasteiger partial charge in [-0.3, -0.25) is 0 Å². The van der Waals surface area contributed by atoms with E-state index in [1.54, 1.807) is 0 Å². The molecule has 0 bridgehead atoms. The number of para-hydroxylation sites is 1. The lowest BCUT2D eigenvalue weighted by molar-refractivity contribution is 0.341. The van der Waals surface area contributed by atoms with Crippen molar-refractivity contribution in [3.63, 3.8) is 0 Å². The van der Waals surface area contributed by atoms with Crippen LogP contribution in [-0.4, -0.2) is 18.1 Å². The van der Waals surface area contributed by atoms with Gasteiger partial charge in [0.05, 0.1) is 0 Å². The number of nitrogens with zero attached hydrogens (tertiary/aromatic N) is 1. The van der Waals surface area contributed by atoms with E-state index in [2.05, 4.69) is 55.3 Å². The van der Waals surface area contributed by atoms with Crippen molar-refractivity contribution in [2.45, 2.75) is 71.0 Å². The number of hydrogen-bond acceptors (Lipinski definition) is 2. The number of benzene rings is 1. The van der Waals surface area contributed by atoms with Crippen molar-refractivity contribution in [2.24, 2.45) is 5.92 Å². The van der Waals surface area contributed by atoms with Crippen molar-refractivity contribution in [1.82, 2.24) is 5.32 Å². The van der Waals surface area contributed by atoms with Crippen molar-refractivity contribution < 1.29 is 0 Å². The highest BCUT2D eigenvalue weighted by Crippen LogP contribution is 2.39. The molecule has 116 valence electrons. The largest absolute Gasteiger partial charge is 0.368 e. The van der Waals surface area contributed by atoms with Crippen LogP contribution in [0.15, 0.2) is 24.3 Å². The van der Waals surface area contributed by atoms with Crippen LogP contribution < -0.4 is 10.2 Å². The molecule has 1 saturated heterocycles. The Hall–Kier alpha value is -1.02. The molecule has 2 nitrogen and oxygen atoms in total. The van der Waals surface area contributed by atoms with Crippen molar-refractivity contribution in [3.05, 3.63) is 29.8 Å². The van der Waals surface area contributed by atoms with Crippen LogP contribution in [0.3, 0.4) is 0 Å². The predicted octanol–water partition coefficient (Wildman–Crippen LogP) is 4.34. The summed E-state index contributed by atoms with van der Waals surface area (Å²) >= 11 is 0. The van der Waals surface area contributed by atoms with Gasteiger partial charge in [-0.25, -0.2) is 0 Å². The highest BCUT2D eigenvalue weighted by atomic mass is 15.2. The van der Waals surface area contributed by atoms with Gasteiger partial charge < -0.3 is 10.2 Å². The fourth-order valence-electron chi connectivity index (χ4n) is 4.01. The fraction of sp³-hybridized carbons (Fsp3) is 0.684. The fourth-order valence-corrected chi connectivity index (χ4v) is 4.01. The van der Waals surface area contributed by atoms with Crippen LogP contribution in [0, 0.1) is 5.92 Å². The Morgan fingerprint density at radius 3 is 2.67 bits per heavy atom. The Balaban J connectivity index is 1.78. The van der Waals surface area contributed by atoms with E-state index in [0.717, 1.165) is 18.5 Å². The summed E-state index contributed by atoms with van der Waals surface area (Å²) in [5, 5.41) is 3.65. The van der Waals surface area contributed by atoms with Crippen molar-refractivity contribution in [2.75, 3.05) is 11.4 Å². The Morgan fingerprint density at radius 1 is 1.10 bits per heavy atom. The maximum atomic E-state index is 3.65. The van der Waals surface area contributed by atoms with Crippen LogP contribution in [0.25, 0.3) is 0 Å². The third kappa shape index (κ3) is 3.42. The number of nitrogens with one attached hydrogen (secondary N) is 1. The molecule has 1 N–H and O–H groups in total.